The molecule has 0 aromatic heterocycles. The summed E-state index contributed by atoms with van der Waals surface area (Å²) >= 11 is 5.79. The standard InChI is InChI=1S/C14H11ClN2O4/c15-11-2-1-3-12(8-11)16-14(18)21-9-10-4-6-13(7-5-10)17(19)20/h1-8H,9H2,(H,16,18). The van der Waals surface area contributed by atoms with E-state index in [0.29, 0.717) is 16.3 Å². The van der Waals surface area contributed by atoms with Gasteiger partial charge in [0.1, 0.15) is 6.61 Å². The van der Waals surface area contributed by atoms with Gasteiger partial charge in [-0.25, -0.2) is 4.79 Å². The monoisotopic (exact) mass is 306 g/mol. The maximum absolute atomic E-state index is 11.6. The molecule has 0 fully saturated rings. The summed E-state index contributed by atoms with van der Waals surface area (Å²) in [6.45, 7) is 0.0182. The first-order valence-electron chi connectivity index (χ1n) is 5.97. The van der Waals surface area contributed by atoms with Gasteiger partial charge in [-0.15, -0.1) is 0 Å². The predicted octanol–water partition coefficient (Wildman–Crippen LogP) is 4.00. The third-order valence-electron chi connectivity index (χ3n) is 2.59. The molecule has 0 spiro atoms. The Balaban J connectivity index is 1.87. The van der Waals surface area contributed by atoms with Crippen LogP contribution in [0.2, 0.25) is 5.02 Å². The van der Waals surface area contributed by atoms with Crippen molar-refractivity contribution < 1.29 is 14.5 Å². The number of amides is 1. The predicted molar refractivity (Wildman–Crippen MR) is 78.4 cm³/mol. The second-order valence-corrected chi connectivity index (χ2v) is 4.57. The van der Waals surface area contributed by atoms with Crippen LogP contribution in [-0.2, 0) is 11.3 Å². The van der Waals surface area contributed by atoms with Crippen molar-refractivity contribution in [3.63, 3.8) is 0 Å². The zero-order chi connectivity index (χ0) is 15.2. The molecular weight excluding hydrogens is 296 g/mol. The molecular formula is C14H11ClN2O4. The fraction of sp³-hybridized carbons (Fsp3) is 0.0714. The average molecular weight is 307 g/mol. The number of carbonyl (C=O) groups excluding carboxylic acids is 1. The summed E-state index contributed by atoms with van der Waals surface area (Å²) in [5.41, 5.74) is 1.17. The van der Waals surface area contributed by atoms with Crippen LogP contribution in [0.3, 0.4) is 0 Å². The van der Waals surface area contributed by atoms with Gasteiger partial charge >= 0.3 is 6.09 Å². The first-order chi connectivity index (χ1) is 10.0. The van der Waals surface area contributed by atoms with E-state index in [1.165, 1.54) is 24.3 Å². The molecule has 0 heterocycles. The molecule has 0 radical (unpaired) electrons. The third-order valence-corrected chi connectivity index (χ3v) is 2.82. The van der Waals surface area contributed by atoms with Crippen molar-refractivity contribution in [3.05, 3.63) is 69.2 Å². The van der Waals surface area contributed by atoms with Crippen molar-refractivity contribution in [3.8, 4) is 0 Å². The Morgan fingerprint density at radius 2 is 1.95 bits per heavy atom. The van der Waals surface area contributed by atoms with E-state index in [1.807, 2.05) is 0 Å². The highest BCUT2D eigenvalue weighted by Gasteiger charge is 2.07. The minimum Gasteiger partial charge on any atom is -0.444 e. The molecule has 0 aliphatic heterocycles. The van der Waals surface area contributed by atoms with Gasteiger partial charge in [-0.2, -0.15) is 0 Å². The zero-order valence-corrected chi connectivity index (χ0v) is 11.5. The molecule has 0 unspecified atom stereocenters. The summed E-state index contributed by atoms with van der Waals surface area (Å²) in [5.74, 6) is 0. The average Bonchev–Trinajstić information content (AvgIpc) is 2.45. The number of hydrogen-bond donors (Lipinski definition) is 1. The lowest BCUT2D eigenvalue weighted by Crippen LogP contribution is -2.13. The number of nitrogens with one attached hydrogen (secondary N) is 1. The number of ether oxygens (including phenoxy) is 1. The van der Waals surface area contributed by atoms with E-state index in [4.69, 9.17) is 16.3 Å². The Bertz CT molecular complexity index is 658. The molecule has 0 saturated heterocycles. The number of nitro groups is 1. The van der Waals surface area contributed by atoms with Crippen molar-refractivity contribution in [2.45, 2.75) is 6.61 Å². The molecule has 0 bridgehead atoms. The number of non-ortho nitro benzene ring substituents is 1. The van der Waals surface area contributed by atoms with Gasteiger partial charge in [0, 0.05) is 22.8 Å². The molecule has 0 saturated carbocycles. The maximum atomic E-state index is 11.6. The minimum atomic E-state index is -0.629. The summed E-state index contributed by atoms with van der Waals surface area (Å²) in [6, 6.07) is 12.4. The van der Waals surface area contributed by atoms with Gasteiger partial charge in [0.05, 0.1) is 4.92 Å². The van der Waals surface area contributed by atoms with Gasteiger partial charge in [0.15, 0.2) is 0 Å². The topological polar surface area (TPSA) is 81.5 Å². The highest BCUT2D eigenvalue weighted by molar-refractivity contribution is 6.30. The van der Waals surface area contributed by atoms with E-state index in [9.17, 15) is 14.9 Å². The molecule has 6 nitrogen and oxygen atoms in total. The van der Waals surface area contributed by atoms with Gasteiger partial charge in [0.25, 0.3) is 5.69 Å². The summed E-state index contributed by atoms with van der Waals surface area (Å²) in [7, 11) is 0. The first-order valence-corrected chi connectivity index (χ1v) is 6.35. The number of benzene rings is 2. The number of halogens is 1. The van der Waals surface area contributed by atoms with Crippen molar-refractivity contribution >= 4 is 29.1 Å². The van der Waals surface area contributed by atoms with E-state index in [-0.39, 0.29) is 12.3 Å². The Hall–Kier alpha value is -2.60. The lowest BCUT2D eigenvalue weighted by atomic mass is 10.2. The molecule has 2 rings (SSSR count). The van der Waals surface area contributed by atoms with Crippen LogP contribution in [-0.4, -0.2) is 11.0 Å². The SMILES string of the molecule is O=C(Nc1cccc(Cl)c1)OCc1ccc([N+](=O)[O-])cc1. The fourth-order valence-corrected chi connectivity index (χ4v) is 1.77. The first kappa shape index (κ1) is 14.8. The number of rotatable bonds is 4. The van der Waals surface area contributed by atoms with E-state index in [2.05, 4.69) is 5.32 Å². The Labute approximate surface area is 125 Å². The lowest BCUT2D eigenvalue weighted by Gasteiger charge is -2.07. The normalized spacial score (nSPS) is 9.95. The van der Waals surface area contributed by atoms with Crippen LogP contribution in [0.4, 0.5) is 16.2 Å². The van der Waals surface area contributed by atoms with E-state index in [0.717, 1.165) is 0 Å². The molecule has 1 amide bonds. The van der Waals surface area contributed by atoms with Crippen LogP contribution >= 0.6 is 11.6 Å². The maximum Gasteiger partial charge on any atom is 0.411 e. The molecule has 0 atom stereocenters. The molecule has 0 aliphatic carbocycles. The minimum absolute atomic E-state index is 0.0119. The second-order valence-electron chi connectivity index (χ2n) is 4.14. The molecule has 0 aliphatic rings. The van der Waals surface area contributed by atoms with Crippen LogP contribution in [0.5, 0.6) is 0 Å². The fourth-order valence-electron chi connectivity index (χ4n) is 1.58. The van der Waals surface area contributed by atoms with Crippen molar-refractivity contribution in [1.29, 1.82) is 0 Å². The van der Waals surface area contributed by atoms with E-state index in [1.54, 1.807) is 24.3 Å². The van der Waals surface area contributed by atoms with Gasteiger partial charge in [-0.3, -0.25) is 15.4 Å². The summed E-state index contributed by atoms with van der Waals surface area (Å²) in [6.07, 6.45) is -0.629. The summed E-state index contributed by atoms with van der Waals surface area (Å²) in [5, 5.41) is 13.5. The molecule has 108 valence electrons. The van der Waals surface area contributed by atoms with Gasteiger partial charge in [0.2, 0.25) is 0 Å². The number of anilines is 1. The van der Waals surface area contributed by atoms with Crippen molar-refractivity contribution in [2.75, 3.05) is 5.32 Å². The molecule has 7 heteroatoms. The van der Waals surface area contributed by atoms with E-state index < -0.39 is 11.0 Å². The van der Waals surface area contributed by atoms with E-state index >= 15 is 0 Å². The zero-order valence-electron chi connectivity index (χ0n) is 10.8. The second kappa shape index (κ2) is 6.71. The molecule has 2 aromatic rings. The largest absolute Gasteiger partial charge is 0.444 e. The van der Waals surface area contributed by atoms with Crippen LogP contribution in [0.1, 0.15) is 5.56 Å². The highest BCUT2D eigenvalue weighted by atomic mass is 35.5. The summed E-state index contributed by atoms with van der Waals surface area (Å²) < 4.78 is 5.01. The lowest BCUT2D eigenvalue weighted by molar-refractivity contribution is -0.384. The summed E-state index contributed by atoms with van der Waals surface area (Å²) in [4.78, 5) is 21.6. The molecule has 1 N–H and O–H groups in total. The number of hydrogen-bond acceptors (Lipinski definition) is 4. The van der Waals surface area contributed by atoms with Crippen LogP contribution < -0.4 is 5.32 Å². The number of nitro benzene ring substituents is 1. The van der Waals surface area contributed by atoms with Gasteiger partial charge < -0.3 is 4.74 Å². The number of carbonyl (C=O) groups is 1. The quantitative estimate of drug-likeness (QED) is 0.684. The number of nitrogens with zero attached hydrogens (tertiary/aromatic N) is 1. The smallest absolute Gasteiger partial charge is 0.411 e. The van der Waals surface area contributed by atoms with Gasteiger partial charge in [-0.1, -0.05) is 17.7 Å². The Kier molecular flexibility index (Phi) is 4.73. The third kappa shape index (κ3) is 4.47. The van der Waals surface area contributed by atoms with Crippen molar-refractivity contribution in [1.82, 2.24) is 0 Å². The van der Waals surface area contributed by atoms with Crippen LogP contribution in [0, 0.1) is 10.1 Å². The van der Waals surface area contributed by atoms with Crippen LogP contribution in [0.25, 0.3) is 0 Å². The Morgan fingerprint density at radius 3 is 2.57 bits per heavy atom. The van der Waals surface area contributed by atoms with Gasteiger partial charge in [-0.05, 0) is 35.9 Å². The van der Waals surface area contributed by atoms with Crippen molar-refractivity contribution in [2.24, 2.45) is 0 Å². The Morgan fingerprint density at radius 1 is 1.24 bits per heavy atom. The molecule has 2 aromatic carbocycles. The highest BCUT2D eigenvalue weighted by Crippen LogP contribution is 2.16. The van der Waals surface area contributed by atoms with Crippen LogP contribution in [0.15, 0.2) is 48.5 Å². The molecule has 21 heavy (non-hydrogen) atoms.